The van der Waals surface area contributed by atoms with Gasteiger partial charge in [-0.15, -0.1) is 0 Å². The van der Waals surface area contributed by atoms with E-state index in [1.165, 1.54) is 7.05 Å². The standard InChI is InChI=1S/C5H8N4O4S2/c1-7-15(12,13)4-2-3(9(10)11)5(8-6)14-4/h2,7-8H,6H2,1H3. The predicted molar refractivity (Wildman–Crippen MR) is 55.0 cm³/mol. The van der Waals surface area contributed by atoms with Crippen LogP contribution in [-0.2, 0) is 10.0 Å². The molecule has 0 aromatic carbocycles. The summed E-state index contributed by atoms with van der Waals surface area (Å²) < 4.78 is 24.5. The van der Waals surface area contributed by atoms with Crippen molar-refractivity contribution in [3.05, 3.63) is 16.2 Å². The zero-order valence-corrected chi connectivity index (χ0v) is 9.18. The molecule has 1 heterocycles. The highest BCUT2D eigenvalue weighted by atomic mass is 32.2. The van der Waals surface area contributed by atoms with Gasteiger partial charge in [-0.25, -0.2) is 19.0 Å². The Morgan fingerprint density at radius 1 is 1.60 bits per heavy atom. The normalized spacial score (nSPS) is 11.3. The van der Waals surface area contributed by atoms with Crippen molar-refractivity contribution >= 4 is 32.0 Å². The van der Waals surface area contributed by atoms with Crippen molar-refractivity contribution in [2.75, 3.05) is 12.5 Å². The molecule has 0 fully saturated rings. The molecule has 0 saturated carbocycles. The maximum atomic E-state index is 11.3. The minimum Gasteiger partial charge on any atom is -0.310 e. The van der Waals surface area contributed by atoms with Crippen molar-refractivity contribution in [3.63, 3.8) is 0 Å². The number of nitrogens with one attached hydrogen (secondary N) is 2. The van der Waals surface area contributed by atoms with Gasteiger partial charge in [-0.2, -0.15) is 0 Å². The smallest absolute Gasteiger partial charge is 0.306 e. The molecule has 0 aliphatic rings. The van der Waals surface area contributed by atoms with Gasteiger partial charge in [0.2, 0.25) is 10.0 Å². The van der Waals surface area contributed by atoms with Gasteiger partial charge in [-0.05, 0) is 7.05 Å². The highest BCUT2D eigenvalue weighted by molar-refractivity contribution is 7.91. The molecular weight excluding hydrogens is 244 g/mol. The molecule has 0 aliphatic carbocycles. The van der Waals surface area contributed by atoms with Crippen LogP contribution in [-0.4, -0.2) is 20.4 Å². The number of nitrogens with zero attached hydrogens (tertiary/aromatic N) is 1. The lowest BCUT2D eigenvalue weighted by atomic mass is 10.5. The lowest BCUT2D eigenvalue weighted by Crippen LogP contribution is -2.17. The summed E-state index contributed by atoms with van der Waals surface area (Å²) in [5.74, 6) is 5.03. The summed E-state index contributed by atoms with van der Waals surface area (Å²) in [6, 6.07) is 0.950. The number of sulfonamides is 1. The van der Waals surface area contributed by atoms with Crippen LogP contribution in [0.4, 0.5) is 10.7 Å². The Morgan fingerprint density at radius 3 is 2.53 bits per heavy atom. The number of hydrogen-bond donors (Lipinski definition) is 3. The first-order valence-corrected chi connectivity index (χ1v) is 5.90. The van der Waals surface area contributed by atoms with Gasteiger partial charge < -0.3 is 5.43 Å². The summed E-state index contributed by atoms with van der Waals surface area (Å²) in [6.45, 7) is 0. The summed E-state index contributed by atoms with van der Waals surface area (Å²) in [5.41, 5.74) is 1.71. The summed E-state index contributed by atoms with van der Waals surface area (Å²) in [7, 11) is -2.46. The molecule has 1 aromatic heterocycles. The number of nitrogen functional groups attached to an aromatic ring is 1. The average Bonchev–Trinajstić information content (AvgIpc) is 2.62. The van der Waals surface area contributed by atoms with Crippen LogP contribution < -0.4 is 16.0 Å². The van der Waals surface area contributed by atoms with Gasteiger partial charge >= 0.3 is 5.69 Å². The third-order valence-electron chi connectivity index (χ3n) is 1.55. The fourth-order valence-corrected chi connectivity index (χ4v) is 2.91. The molecule has 10 heteroatoms. The van der Waals surface area contributed by atoms with Crippen LogP contribution in [0, 0.1) is 10.1 Å². The maximum absolute atomic E-state index is 11.3. The minimum atomic E-state index is -3.67. The Labute approximate surface area is 89.3 Å². The quantitative estimate of drug-likeness (QED) is 0.388. The highest BCUT2D eigenvalue weighted by Crippen LogP contribution is 2.35. The number of nitrogens with two attached hydrogens (primary N) is 1. The van der Waals surface area contributed by atoms with Crippen molar-refractivity contribution in [3.8, 4) is 0 Å². The molecule has 0 radical (unpaired) electrons. The van der Waals surface area contributed by atoms with Gasteiger partial charge in [0.05, 0.1) is 4.92 Å². The minimum absolute atomic E-state index is 0.00572. The molecule has 8 nitrogen and oxygen atoms in total. The fourth-order valence-electron chi connectivity index (χ4n) is 0.832. The molecule has 0 unspecified atom stereocenters. The van der Waals surface area contributed by atoms with Gasteiger partial charge in [0.1, 0.15) is 4.21 Å². The lowest BCUT2D eigenvalue weighted by Gasteiger charge is -1.95. The van der Waals surface area contributed by atoms with Crippen molar-refractivity contribution < 1.29 is 13.3 Å². The number of rotatable bonds is 4. The van der Waals surface area contributed by atoms with Gasteiger partial charge in [0, 0.05) is 6.07 Å². The molecule has 0 amide bonds. The van der Waals surface area contributed by atoms with Crippen LogP contribution in [0.1, 0.15) is 0 Å². The van der Waals surface area contributed by atoms with E-state index in [0.29, 0.717) is 11.3 Å². The highest BCUT2D eigenvalue weighted by Gasteiger charge is 2.24. The second-order valence-electron chi connectivity index (χ2n) is 2.39. The molecule has 0 atom stereocenters. The zero-order valence-electron chi connectivity index (χ0n) is 7.55. The van der Waals surface area contributed by atoms with E-state index in [0.717, 1.165) is 6.07 Å². The maximum Gasteiger partial charge on any atom is 0.306 e. The molecule has 0 spiro atoms. The van der Waals surface area contributed by atoms with Crippen LogP contribution >= 0.6 is 11.3 Å². The second-order valence-corrected chi connectivity index (χ2v) is 5.55. The molecular formula is C5H8N4O4S2. The van der Waals surface area contributed by atoms with Crippen LogP contribution in [0.25, 0.3) is 0 Å². The summed E-state index contributed by atoms with van der Waals surface area (Å²) in [5, 5.41) is 10.5. The third kappa shape index (κ3) is 2.23. The number of nitro groups is 1. The number of hydrogen-bond acceptors (Lipinski definition) is 7. The number of thiophene rings is 1. The van der Waals surface area contributed by atoms with E-state index in [9.17, 15) is 18.5 Å². The summed E-state index contributed by atoms with van der Waals surface area (Å²) in [4.78, 5) is 9.80. The molecule has 0 bridgehead atoms. The van der Waals surface area contributed by atoms with Crippen LogP contribution in [0.2, 0.25) is 0 Å². The predicted octanol–water partition coefficient (Wildman–Crippen LogP) is -0.150. The number of hydrazine groups is 1. The van der Waals surface area contributed by atoms with Gasteiger partial charge in [0.15, 0.2) is 5.00 Å². The van der Waals surface area contributed by atoms with Gasteiger partial charge in [0.25, 0.3) is 0 Å². The first-order chi connectivity index (χ1) is 6.92. The molecule has 1 aromatic rings. The van der Waals surface area contributed by atoms with Crippen molar-refractivity contribution in [1.29, 1.82) is 0 Å². The van der Waals surface area contributed by atoms with Gasteiger partial charge in [-0.1, -0.05) is 11.3 Å². The van der Waals surface area contributed by atoms with E-state index >= 15 is 0 Å². The zero-order chi connectivity index (χ0) is 11.6. The molecule has 84 valence electrons. The van der Waals surface area contributed by atoms with E-state index in [-0.39, 0.29) is 14.9 Å². The van der Waals surface area contributed by atoms with E-state index in [2.05, 4.69) is 10.1 Å². The molecule has 1 rings (SSSR count). The fraction of sp³-hybridized carbons (Fsp3) is 0.200. The summed E-state index contributed by atoms with van der Waals surface area (Å²) in [6.07, 6.45) is 0. The van der Waals surface area contributed by atoms with E-state index in [4.69, 9.17) is 5.84 Å². The Hall–Kier alpha value is -1.23. The lowest BCUT2D eigenvalue weighted by molar-refractivity contribution is -0.383. The first kappa shape index (κ1) is 11.8. The van der Waals surface area contributed by atoms with Crippen LogP contribution in [0.3, 0.4) is 0 Å². The monoisotopic (exact) mass is 252 g/mol. The van der Waals surface area contributed by atoms with Crippen LogP contribution in [0.5, 0.6) is 0 Å². The van der Waals surface area contributed by atoms with Crippen molar-refractivity contribution in [2.45, 2.75) is 4.21 Å². The molecule has 15 heavy (non-hydrogen) atoms. The van der Waals surface area contributed by atoms with Crippen molar-refractivity contribution in [2.24, 2.45) is 5.84 Å². The third-order valence-corrected chi connectivity index (χ3v) is 4.49. The largest absolute Gasteiger partial charge is 0.310 e. The Balaban J connectivity index is 3.32. The van der Waals surface area contributed by atoms with E-state index < -0.39 is 14.9 Å². The molecule has 4 N–H and O–H groups in total. The SMILES string of the molecule is CNS(=O)(=O)c1cc([N+](=O)[O-])c(NN)s1. The van der Waals surface area contributed by atoms with Crippen LogP contribution in [0.15, 0.2) is 10.3 Å². The topological polar surface area (TPSA) is 127 Å². The molecule has 0 saturated heterocycles. The average molecular weight is 252 g/mol. The Morgan fingerprint density at radius 2 is 2.20 bits per heavy atom. The Kier molecular flexibility index (Phi) is 3.24. The molecule has 0 aliphatic heterocycles. The van der Waals surface area contributed by atoms with Crippen molar-refractivity contribution in [1.82, 2.24) is 4.72 Å². The summed E-state index contributed by atoms with van der Waals surface area (Å²) >= 11 is 0.691. The second kappa shape index (κ2) is 4.10. The van der Waals surface area contributed by atoms with Gasteiger partial charge in [-0.3, -0.25) is 10.1 Å². The van der Waals surface area contributed by atoms with E-state index in [1.54, 1.807) is 0 Å². The van der Waals surface area contributed by atoms with E-state index in [1.807, 2.05) is 0 Å². The first-order valence-electron chi connectivity index (χ1n) is 3.60. The number of anilines is 1. The Bertz CT molecular complexity index is 479.